The fourth-order valence-electron chi connectivity index (χ4n) is 3.21. The molecule has 6 nitrogen and oxygen atoms in total. The molecule has 4 aromatic rings. The molecule has 0 fully saturated rings. The van der Waals surface area contributed by atoms with E-state index in [-0.39, 0.29) is 11.7 Å². The molecule has 1 amide bonds. The number of Topliss-reactive ketones (excluding diaryl/α,β-unsaturated/α-hetero) is 1. The van der Waals surface area contributed by atoms with E-state index in [0.29, 0.717) is 27.3 Å². The summed E-state index contributed by atoms with van der Waals surface area (Å²) in [6.07, 6.45) is 0. The van der Waals surface area contributed by atoms with Crippen molar-refractivity contribution in [2.75, 3.05) is 5.32 Å². The second-order valence-electron chi connectivity index (χ2n) is 7.37. The van der Waals surface area contributed by atoms with Gasteiger partial charge in [0.2, 0.25) is 5.91 Å². The first-order valence-electron chi connectivity index (χ1n) is 10.3. The monoisotopic (exact) mass is 476 g/mol. The lowest BCUT2D eigenvalue weighted by atomic mass is 10.1. The molecule has 4 rings (SSSR count). The quantitative estimate of drug-likeness (QED) is 0.265. The highest BCUT2D eigenvalue weighted by atomic mass is 35.5. The summed E-state index contributed by atoms with van der Waals surface area (Å²) in [4.78, 5) is 24.5. The van der Waals surface area contributed by atoms with E-state index in [0.717, 1.165) is 11.3 Å². The Balaban J connectivity index is 1.61. The predicted molar refractivity (Wildman–Crippen MR) is 132 cm³/mol. The number of carbonyl (C=O) groups excluding carboxylic acids is 2. The molecule has 3 aromatic carbocycles. The normalized spacial score (nSPS) is 11.7. The highest BCUT2D eigenvalue weighted by Gasteiger charge is 2.22. The lowest BCUT2D eigenvalue weighted by molar-refractivity contribution is -0.115. The molecule has 1 aromatic heterocycles. The smallest absolute Gasteiger partial charge is 0.237 e. The van der Waals surface area contributed by atoms with Crippen LogP contribution in [0.25, 0.3) is 17.1 Å². The lowest BCUT2D eigenvalue weighted by Gasteiger charge is -2.14. The summed E-state index contributed by atoms with van der Waals surface area (Å²) in [6.45, 7) is 3.30. The number of hydrogen-bond donors (Lipinski definition) is 1. The molecule has 0 saturated heterocycles. The average Bonchev–Trinajstić information content (AvgIpc) is 3.23. The molecule has 8 heteroatoms. The zero-order chi connectivity index (χ0) is 23.4. The number of hydrogen-bond acceptors (Lipinski definition) is 5. The van der Waals surface area contributed by atoms with E-state index in [2.05, 4.69) is 15.5 Å². The molecule has 0 radical (unpaired) electrons. The number of halogens is 1. The van der Waals surface area contributed by atoms with Crippen molar-refractivity contribution < 1.29 is 9.59 Å². The second-order valence-corrected chi connectivity index (χ2v) is 9.11. The molecular weight excluding hydrogens is 456 g/mol. The van der Waals surface area contributed by atoms with Crippen molar-refractivity contribution in [2.45, 2.75) is 24.3 Å². The van der Waals surface area contributed by atoms with Gasteiger partial charge in [0.05, 0.1) is 5.25 Å². The van der Waals surface area contributed by atoms with Gasteiger partial charge in [0.15, 0.2) is 16.8 Å². The molecule has 0 aliphatic heterocycles. The summed E-state index contributed by atoms with van der Waals surface area (Å²) >= 11 is 7.38. The maximum Gasteiger partial charge on any atom is 0.237 e. The number of ketones is 1. The van der Waals surface area contributed by atoms with Gasteiger partial charge in [0.25, 0.3) is 0 Å². The molecule has 0 saturated carbocycles. The fraction of sp³-hybridized carbons (Fsp3) is 0.120. The number of thioether (sulfide) groups is 1. The molecule has 1 heterocycles. The first-order chi connectivity index (χ1) is 15.9. The van der Waals surface area contributed by atoms with E-state index >= 15 is 0 Å². The number of benzene rings is 3. The van der Waals surface area contributed by atoms with Crippen molar-refractivity contribution in [1.82, 2.24) is 14.8 Å². The zero-order valence-electron chi connectivity index (χ0n) is 18.0. The van der Waals surface area contributed by atoms with Crippen LogP contribution in [0.5, 0.6) is 0 Å². The third-order valence-electron chi connectivity index (χ3n) is 4.94. The Morgan fingerprint density at radius 3 is 2.39 bits per heavy atom. The molecule has 1 atom stereocenters. The fourth-order valence-corrected chi connectivity index (χ4v) is 4.21. The SMILES string of the molecule is CC(=O)c1cccc(NC(=O)[C@H](C)Sc2nnc(-c3ccccc3)n2-c2ccc(Cl)cc2)c1. The van der Waals surface area contributed by atoms with Crippen LogP contribution in [0.3, 0.4) is 0 Å². The van der Waals surface area contributed by atoms with Gasteiger partial charge in [-0.3, -0.25) is 14.2 Å². The summed E-state index contributed by atoms with van der Waals surface area (Å²) in [7, 11) is 0. The number of amides is 1. The van der Waals surface area contributed by atoms with Crippen molar-refractivity contribution in [3.63, 3.8) is 0 Å². The van der Waals surface area contributed by atoms with Crippen molar-refractivity contribution in [3.05, 3.63) is 89.4 Å². The maximum absolute atomic E-state index is 12.9. The first-order valence-corrected chi connectivity index (χ1v) is 11.5. The van der Waals surface area contributed by atoms with E-state index in [1.165, 1.54) is 18.7 Å². The number of aromatic nitrogens is 3. The topological polar surface area (TPSA) is 76.9 Å². The van der Waals surface area contributed by atoms with Crippen molar-refractivity contribution in [2.24, 2.45) is 0 Å². The van der Waals surface area contributed by atoms with Crippen LogP contribution in [-0.4, -0.2) is 31.7 Å². The highest BCUT2D eigenvalue weighted by molar-refractivity contribution is 8.00. The second kappa shape index (κ2) is 10.0. The molecule has 0 unspecified atom stereocenters. The van der Waals surface area contributed by atoms with Gasteiger partial charge in [0.1, 0.15) is 0 Å². The summed E-state index contributed by atoms with van der Waals surface area (Å²) in [5.74, 6) is 0.410. The summed E-state index contributed by atoms with van der Waals surface area (Å²) < 4.78 is 1.91. The molecule has 0 bridgehead atoms. The van der Waals surface area contributed by atoms with Gasteiger partial charge in [-0.1, -0.05) is 65.8 Å². The van der Waals surface area contributed by atoms with Gasteiger partial charge in [-0.05, 0) is 50.2 Å². The minimum atomic E-state index is -0.468. The number of nitrogens with one attached hydrogen (secondary N) is 1. The molecule has 0 spiro atoms. The average molecular weight is 477 g/mol. The van der Waals surface area contributed by atoms with Gasteiger partial charge in [-0.25, -0.2) is 0 Å². The van der Waals surface area contributed by atoms with E-state index in [1.54, 1.807) is 43.3 Å². The van der Waals surface area contributed by atoms with Crippen LogP contribution in [0.2, 0.25) is 5.02 Å². The maximum atomic E-state index is 12.9. The Labute approximate surface area is 201 Å². The standard InChI is InChI=1S/C25H21ClN4O2S/c1-16(31)19-9-6-10-21(15-19)27-24(32)17(2)33-25-29-28-23(18-7-4-3-5-8-18)30(25)22-13-11-20(26)12-14-22/h3-15,17H,1-2H3,(H,27,32)/t17-/m0/s1. The third-order valence-corrected chi connectivity index (χ3v) is 6.23. The van der Waals surface area contributed by atoms with Crippen LogP contribution in [0.1, 0.15) is 24.2 Å². The Morgan fingerprint density at radius 2 is 1.70 bits per heavy atom. The molecular formula is C25H21ClN4O2S. The number of rotatable bonds is 7. The zero-order valence-corrected chi connectivity index (χ0v) is 19.6. The number of anilines is 1. The molecule has 0 aliphatic rings. The molecule has 1 N–H and O–H groups in total. The van der Waals surface area contributed by atoms with Crippen LogP contribution >= 0.6 is 23.4 Å². The van der Waals surface area contributed by atoms with E-state index in [4.69, 9.17) is 11.6 Å². The van der Waals surface area contributed by atoms with Crippen LogP contribution < -0.4 is 5.32 Å². The number of carbonyl (C=O) groups is 2. The lowest BCUT2D eigenvalue weighted by Crippen LogP contribution is -2.23. The van der Waals surface area contributed by atoms with E-state index in [9.17, 15) is 9.59 Å². The Kier molecular flexibility index (Phi) is 6.91. The van der Waals surface area contributed by atoms with Gasteiger partial charge >= 0.3 is 0 Å². The van der Waals surface area contributed by atoms with Crippen LogP contribution in [0.4, 0.5) is 5.69 Å². The van der Waals surface area contributed by atoms with Crippen molar-refractivity contribution in [3.8, 4) is 17.1 Å². The van der Waals surface area contributed by atoms with Crippen LogP contribution in [0.15, 0.2) is 84.0 Å². The number of nitrogens with zero attached hydrogens (tertiary/aromatic N) is 3. The summed E-state index contributed by atoms with van der Waals surface area (Å²) in [6, 6.07) is 24.0. The largest absolute Gasteiger partial charge is 0.325 e. The minimum absolute atomic E-state index is 0.0574. The molecule has 33 heavy (non-hydrogen) atoms. The summed E-state index contributed by atoms with van der Waals surface area (Å²) in [5, 5.41) is 12.4. The Bertz CT molecular complexity index is 1290. The van der Waals surface area contributed by atoms with Crippen LogP contribution in [-0.2, 0) is 4.79 Å². The van der Waals surface area contributed by atoms with Crippen molar-refractivity contribution >= 4 is 40.7 Å². The van der Waals surface area contributed by atoms with Gasteiger partial charge in [0, 0.05) is 27.5 Å². The Hall–Kier alpha value is -3.42. The van der Waals surface area contributed by atoms with E-state index in [1.807, 2.05) is 47.0 Å². The summed E-state index contributed by atoms with van der Waals surface area (Å²) in [5.41, 5.74) is 2.87. The van der Waals surface area contributed by atoms with Crippen LogP contribution in [0, 0.1) is 0 Å². The van der Waals surface area contributed by atoms with Crippen molar-refractivity contribution in [1.29, 1.82) is 0 Å². The Morgan fingerprint density at radius 1 is 0.970 bits per heavy atom. The van der Waals surface area contributed by atoms with Gasteiger partial charge in [-0.2, -0.15) is 0 Å². The molecule has 0 aliphatic carbocycles. The van der Waals surface area contributed by atoms with E-state index < -0.39 is 5.25 Å². The molecule has 166 valence electrons. The highest BCUT2D eigenvalue weighted by Crippen LogP contribution is 2.31. The van der Waals surface area contributed by atoms with Gasteiger partial charge in [-0.15, -0.1) is 10.2 Å². The minimum Gasteiger partial charge on any atom is -0.325 e. The van der Waals surface area contributed by atoms with Gasteiger partial charge < -0.3 is 5.32 Å². The third kappa shape index (κ3) is 5.32. The first kappa shape index (κ1) is 22.8. The predicted octanol–water partition coefficient (Wildman–Crippen LogP) is 5.91.